The van der Waals surface area contributed by atoms with Gasteiger partial charge in [-0.2, -0.15) is 0 Å². The molecule has 0 radical (unpaired) electrons. The first-order valence-corrected chi connectivity index (χ1v) is 6.98. The van der Waals surface area contributed by atoms with E-state index in [9.17, 15) is 9.18 Å². The van der Waals surface area contributed by atoms with E-state index in [2.05, 4.69) is 12.2 Å². The van der Waals surface area contributed by atoms with E-state index >= 15 is 0 Å². The van der Waals surface area contributed by atoms with Gasteiger partial charge in [-0.05, 0) is 37.9 Å². The zero-order chi connectivity index (χ0) is 15.0. The fraction of sp³-hybridized carbons (Fsp3) is 0.533. The molecule has 0 aliphatic rings. The Morgan fingerprint density at radius 2 is 2.25 bits per heavy atom. The average Bonchev–Trinajstić information content (AvgIpc) is 2.38. The Bertz CT molecular complexity index is 438. The molecule has 1 atom stereocenters. The Labute approximate surface area is 119 Å². The molecular formula is C15H23FN2O2. The molecule has 1 aromatic rings. The number of ether oxygens (including phenoxy) is 1. The summed E-state index contributed by atoms with van der Waals surface area (Å²) >= 11 is 0. The van der Waals surface area contributed by atoms with Crippen LogP contribution in [-0.4, -0.2) is 25.1 Å². The summed E-state index contributed by atoms with van der Waals surface area (Å²) in [4.78, 5) is 11.7. The lowest BCUT2D eigenvalue weighted by Gasteiger charge is -2.15. The molecule has 1 amide bonds. The van der Waals surface area contributed by atoms with Gasteiger partial charge in [0.25, 0.3) is 5.91 Å². The first-order valence-electron chi connectivity index (χ1n) is 6.98. The molecule has 0 spiro atoms. The summed E-state index contributed by atoms with van der Waals surface area (Å²) in [5.41, 5.74) is 6.16. The summed E-state index contributed by atoms with van der Waals surface area (Å²) in [6.07, 6.45) is 2.42. The van der Waals surface area contributed by atoms with Gasteiger partial charge in [0.05, 0.1) is 0 Å². The van der Waals surface area contributed by atoms with Crippen LogP contribution in [0.3, 0.4) is 0 Å². The van der Waals surface area contributed by atoms with Crippen LogP contribution in [0.1, 0.15) is 32.3 Å². The highest BCUT2D eigenvalue weighted by Gasteiger charge is 2.12. The van der Waals surface area contributed by atoms with Gasteiger partial charge >= 0.3 is 0 Å². The zero-order valence-corrected chi connectivity index (χ0v) is 12.1. The first kappa shape index (κ1) is 16.4. The van der Waals surface area contributed by atoms with Crippen LogP contribution in [0.25, 0.3) is 0 Å². The minimum absolute atomic E-state index is 0.0974. The van der Waals surface area contributed by atoms with E-state index in [1.807, 2.05) is 6.92 Å². The minimum Gasteiger partial charge on any atom is -0.480 e. The molecule has 0 aliphatic carbocycles. The normalized spacial score (nSPS) is 12.0. The number of nitrogens with two attached hydrogens (primary N) is 1. The number of hydrogen-bond acceptors (Lipinski definition) is 3. The van der Waals surface area contributed by atoms with E-state index in [0.717, 1.165) is 12.8 Å². The van der Waals surface area contributed by atoms with Gasteiger partial charge in [0, 0.05) is 6.04 Å². The van der Waals surface area contributed by atoms with Crippen molar-refractivity contribution in [3.8, 4) is 5.75 Å². The number of benzene rings is 1. The van der Waals surface area contributed by atoms with Crippen LogP contribution in [-0.2, 0) is 11.2 Å². The second kappa shape index (κ2) is 8.53. The van der Waals surface area contributed by atoms with Crippen LogP contribution in [0.4, 0.5) is 4.39 Å². The van der Waals surface area contributed by atoms with Crippen LogP contribution < -0.4 is 15.8 Å². The van der Waals surface area contributed by atoms with Gasteiger partial charge in [-0.15, -0.1) is 0 Å². The molecule has 20 heavy (non-hydrogen) atoms. The summed E-state index contributed by atoms with van der Waals surface area (Å²) in [5.74, 6) is -0.588. The van der Waals surface area contributed by atoms with Crippen LogP contribution in [0, 0.1) is 5.82 Å². The van der Waals surface area contributed by atoms with E-state index in [1.54, 1.807) is 12.1 Å². The second-order valence-electron chi connectivity index (χ2n) is 4.81. The predicted molar refractivity (Wildman–Crippen MR) is 77.2 cm³/mol. The third-order valence-electron chi connectivity index (χ3n) is 2.94. The summed E-state index contributed by atoms with van der Waals surface area (Å²) in [5, 5.41) is 2.81. The second-order valence-corrected chi connectivity index (χ2v) is 4.81. The van der Waals surface area contributed by atoms with Crippen LogP contribution in [0.15, 0.2) is 18.2 Å². The van der Waals surface area contributed by atoms with Crippen molar-refractivity contribution in [1.29, 1.82) is 0 Å². The van der Waals surface area contributed by atoms with Crippen molar-refractivity contribution >= 4 is 5.91 Å². The quantitative estimate of drug-likeness (QED) is 0.766. The predicted octanol–water partition coefficient (Wildman–Crippen LogP) is 2.01. The molecule has 0 fully saturated rings. The smallest absolute Gasteiger partial charge is 0.258 e. The summed E-state index contributed by atoms with van der Waals surface area (Å²) in [6.45, 7) is 4.20. The van der Waals surface area contributed by atoms with E-state index in [0.29, 0.717) is 18.5 Å². The van der Waals surface area contributed by atoms with Crippen LogP contribution in [0.5, 0.6) is 5.75 Å². The van der Waals surface area contributed by atoms with Crippen LogP contribution >= 0.6 is 0 Å². The van der Waals surface area contributed by atoms with Crippen LogP contribution in [0.2, 0.25) is 0 Å². The molecular weight excluding hydrogens is 259 g/mol. The molecule has 0 heterocycles. The summed E-state index contributed by atoms with van der Waals surface area (Å²) in [7, 11) is 0. The molecule has 0 saturated heterocycles. The lowest BCUT2D eigenvalue weighted by atomic mass is 10.1. The highest BCUT2D eigenvalue weighted by Crippen LogP contribution is 2.22. The zero-order valence-electron chi connectivity index (χ0n) is 12.1. The van der Waals surface area contributed by atoms with Crippen molar-refractivity contribution in [2.75, 3.05) is 13.2 Å². The van der Waals surface area contributed by atoms with Crippen molar-refractivity contribution < 1.29 is 13.9 Å². The molecule has 0 aromatic heterocycles. The van der Waals surface area contributed by atoms with Gasteiger partial charge < -0.3 is 15.8 Å². The number of amides is 1. The molecule has 1 unspecified atom stereocenters. The minimum atomic E-state index is -0.467. The monoisotopic (exact) mass is 282 g/mol. The van der Waals surface area contributed by atoms with Gasteiger partial charge in [0.2, 0.25) is 0 Å². The summed E-state index contributed by atoms with van der Waals surface area (Å²) < 4.78 is 19.0. The molecule has 112 valence electrons. The molecule has 1 rings (SSSR count). The molecule has 3 N–H and O–H groups in total. The molecule has 5 heteroatoms. The molecule has 4 nitrogen and oxygen atoms in total. The van der Waals surface area contributed by atoms with Gasteiger partial charge in [-0.3, -0.25) is 4.79 Å². The standard InChI is InChI=1S/C15H23FN2O2/c1-3-5-11(2)18-14(19)10-20-15-12(8-9-17)6-4-7-13(15)16/h4,6-7,11H,3,5,8-10,17H2,1-2H3,(H,18,19). The van der Waals surface area contributed by atoms with Crippen molar-refractivity contribution in [1.82, 2.24) is 5.32 Å². The van der Waals surface area contributed by atoms with Gasteiger partial charge in [0.15, 0.2) is 18.2 Å². The Kier molecular flexibility index (Phi) is 7.01. The van der Waals surface area contributed by atoms with E-state index in [1.165, 1.54) is 6.07 Å². The molecule has 0 aliphatic heterocycles. The number of halogens is 1. The SMILES string of the molecule is CCCC(C)NC(=O)COc1c(F)cccc1CCN. The lowest BCUT2D eigenvalue weighted by Crippen LogP contribution is -2.36. The van der Waals surface area contributed by atoms with Crippen molar-refractivity contribution in [3.05, 3.63) is 29.6 Å². The average molecular weight is 282 g/mol. The van der Waals surface area contributed by atoms with Crippen molar-refractivity contribution in [3.63, 3.8) is 0 Å². The third-order valence-corrected chi connectivity index (χ3v) is 2.94. The largest absolute Gasteiger partial charge is 0.480 e. The molecule has 0 bridgehead atoms. The summed E-state index contributed by atoms with van der Waals surface area (Å²) in [6, 6.07) is 4.77. The first-order chi connectivity index (χ1) is 9.58. The number of carbonyl (C=O) groups is 1. The van der Waals surface area contributed by atoms with Gasteiger partial charge in [0.1, 0.15) is 0 Å². The fourth-order valence-electron chi connectivity index (χ4n) is 2.03. The van der Waals surface area contributed by atoms with Gasteiger partial charge in [-0.1, -0.05) is 25.5 Å². The maximum atomic E-state index is 13.7. The maximum absolute atomic E-state index is 13.7. The Balaban J connectivity index is 2.58. The Hall–Kier alpha value is -1.62. The third kappa shape index (κ3) is 5.17. The number of nitrogens with one attached hydrogen (secondary N) is 1. The lowest BCUT2D eigenvalue weighted by molar-refractivity contribution is -0.123. The van der Waals surface area contributed by atoms with Crippen molar-refractivity contribution in [2.24, 2.45) is 5.73 Å². The molecule has 0 saturated carbocycles. The van der Waals surface area contributed by atoms with E-state index < -0.39 is 5.82 Å². The highest BCUT2D eigenvalue weighted by molar-refractivity contribution is 5.77. The van der Waals surface area contributed by atoms with E-state index in [4.69, 9.17) is 10.5 Å². The maximum Gasteiger partial charge on any atom is 0.258 e. The topological polar surface area (TPSA) is 64.3 Å². The Morgan fingerprint density at radius 3 is 2.90 bits per heavy atom. The Morgan fingerprint density at radius 1 is 1.50 bits per heavy atom. The number of carbonyl (C=O) groups excluding carboxylic acids is 1. The van der Waals surface area contributed by atoms with E-state index in [-0.39, 0.29) is 24.3 Å². The van der Waals surface area contributed by atoms with Crippen molar-refractivity contribution in [2.45, 2.75) is 39.2 Å². The number of rotatable bonds is 8. The number of para-hydroxylation sites is 1. The fourth-order valence-corrected chi connectivity index (χ4v) is 2.03. The number of hydrogen-bond donors (Lipinski definition) is 2. The molecule has 1 aromatic carbocycles. The van der Waals surface area contributed by atoms with Gasteiger partial charge in [-0.25, -0.2) is 4.39 Å². The highest BCUT2D eigenvalue weighted by atomic mass is 19.1.